The third kappa shape index (κ3) is 4.95. The molecule has 1 fully saturated rings. The molecule has 1 aromatic heterocycles. The average Bonchev–Trinajstić information content (AvgIpc) is 3.21. The Morgan fingerprint density at radius 3 is 2.73 bits per heavy atom. The number of ether oxygens (including phenoxy) is 2. The van der Waals surface area contributed by atoms with Crippen molar-refractivity contribution in [3.63, 3.8) is 0 Å². The maximum absolute atomic E-state index is 13.6. The fourth-order valence-electron chi connectivity index (χ4n) is 3.65. The van der Waals surface area contributed by atoms with Crippen molar-refractivity contribution in [2.24, 2.45) is 0 Å². The molecule has 0 radical (unpaired) electrons. The molecule has 0 aliphatic carbocycles. The van der Waals surface area contributed by atoms with E-state index < -0.39 is 19.2 Å². The number of carbonyl (C=O) groups excluding carboxylic acids is 1. The van der Waals surface area contributed by atoms with E-state index in [0.717, 1.165) is 10.1 Å². The van der Waals surface area contributed by atoms with Crippen LogP contribution in [0.3, 0.4) is 0 Å². The number of methoxy groups -OCH3 is 2. The second-order valence-electron chi connectivity index (χ2n) is 7.22. The summed E-state index contributed by atoms with van der Waals surface area (Å²) in [5.74, 6) is 0.601. The highest BCUT2D eigenvalue weighted by Crippen LogP contribution is 2.63. The fourth-order valence-corrected chi connectivity index (χ4v) is 6.95. The van der Waals surface area contributed by atoms with Crippen molar-refractivity contribution >= 4 is 52.6 Å². The second kappa shape index (κ2) is 10.3. The summed E-state index contributed by atoms with van der Waals surface area (Å²) in [7, 11) is -0.661. The van der Waals surface area contributed by atoms with Gasteiger partial charge in [-0.1, -0.05) is 23.7 Å². The van der Waals surface area contributed by atoms with E-state index in [1.165, 1.54) is 17.5 Å². The molecule has 2 heterocycles. The van der Waals surface area contributed by atoms with Gasteiger partial charge < -0.3 is 23.8 Å². The summed E-state index contributed by atoms with van der Waals surface area (Å²) in [6, 6.07) is 10.8. The van der Waals surface area contributed by atoms with E-state index in [0.29, 0.717) is 34.1 Å². The van der Waals surface area contributed by atoms with E-state index in [4.69, 9.17) is 30.1 Å². The number of para-hydroxylation sites is 1. The van der Waals surface area contributed by atoms with Crippen molar-refractivity contribution in [2.75, 3.05) is 27.4 Å². The van der Waals surface area contributed by atoms with Crippen LogP contribution in [0.15, 0.2) is 48.0 Å². The maximum Gasteiger partial charge on any atom is 0.347 e. The van der Waals surface area contributed by atoms with Crippen molar-refractivity contribution in [2.45, 2.75) is 12.1 Å². The number of benzene rings is 2. The molecule has 2 aromatic carbocycles. The van der Waals surface area contributed by atoms with Crippen LogP contribution < -0.4 is 14.8 Å². The highest BCUT2D eigenvalue weighted by molar-refractivity contribution is 7.55. The third-order valence-electron chi connectivity index (χ3n) is 5.18. The highest BCUT2D eigenvalue weighted by Gasteiger charge is 2.45. The zero-order valence-electron chi connectivity index (χ0n) is 18.1. The molecule has 33 heavy (non-hydrogen) atoms. The van der Waals surface area contributed by atoms with Crippen LogP contribution in [0.1, 0.15) is 23.2 Å². The smallest absolute Gasteiger partial charge is 0.347 e. The van der Waals surface area contributed by atoms with Crippen LogP contribution in [-0.4, -0.2) is 33.3 Å². The second-order valence-corrected chi connectivity index (χ2v) is 10.7. The molecule has 0 bridgehead atoms. The summed E-state index contributed by atoms with van der Waals surface area (Å²) in [6.07, 6.45) is 3.77. The van der Waals surface area contributed by atoms with Crippen LogP contribution in [0.5, 0.6) is 11.5 Å². The van der Waals surface area contributed by atoms with Crippen LogP contribution in [0, 0.1) is 0 Å². The molecule has 1 aliphatic heterocycles. The van der Waals surface area contributed by atoms with Gasteiger partial charge in [-0.2, -0.15) is 0 Å². The number of carbonyl (C=O) groups is 1. The number of hydrogen-bond donors (Lipinski definition) is 1. The van der Waals surface area contributed by atoms with Crippen LogP contribution in [-0.2, 0) is 18.4 Å². The maximum atomic E-state index is 13.6. The number of halogens is 1. The predicted octanol–water partition coefficient (Wildman–Crippen LogP) is 6.03. The first-order chi connectivity index (χ1) is 16.0. The number of hydrogen-bond acceptors (Lipinski definition) is 7. The van der Waals surface area contributed by atoms with E-state index in [1.807, 2.05) is 18.2 Å². The molecule has 10 heteroatoms. The van der Waals surface area contributed by atoms with Gasteiger partial charge in [0.1, 0.15) is 0 Å². The lowest BCUT2D eigenvalue weighted by atomic mass is 10.1. The summed E-state index contributed by atoms with van der Waals surface area (Å²) in [5.41, 5.74) is 0.132. The first-order valence-corrected chi connectivity index (χ1v) is 13.1. The lowest BCUT2D eigenvalue weighted by Crippen LogP contribution is -2.28. The SMILES string of the molecule is COc1cccc(/C=C/NC(=O)C(c2csc3ccc(Cl)cc23)P2(=O)OCCCO2)c1OC. The van der Waals surface area contributed by atoms with Gasteiger partial charge in [0.05, 0.1) is 27.4 Å². The van der Waals surface area contributed by atoms with Gasteiger partial charge in [-0.05, 0) is 53.1 Å². The first-order valence-electron chi connectivity index (χ1n) is 10.2. The third-order valence-corrected chi connectivity index (χ3v) is 8.62. The number of amides is 1. The van der Waals surface area contributed by atoms with Crippen molar-refractivity contribution in [3.8, 4) is 11.5 Å². The zero-order chi connectivity index (χ0) is 23.4. The zero-order valence-corrected chi connectivity index (χ0v) is 20.5. The van der Waals surface area contributed by atoms with Crippen molar-refractivity contribution in [1.29, 1.82) is 0 Å². The van der Waals surface area contributed by atoms with Crippen LogP contribution >= 0.6 is 30.5 Å². The normalized spacial score (nSPS) is 16.6. The fraction of sp³-hybridized carbons (Fsp3) is 0.261. The lowest BCUT2D eigenvalue weighted by Gasteiger charge is -2.29. The van der Waals surface area contributed by atoms with Gasteiger partial charge in [-0.3, -0.25) is 9.36 Å². The Kier molecular flexibility index (Phi) is 7.41. The summed E-state index contributed by atoms with van der Waals surface area (Å²) >= 11 is 7.64. The molecule has 1 amide bonds. The minimum Gasteiger partial charge on any atom is -0.493 e. The number of nitrogens with one attached hydrogen (secondary N) is 1. The highest BCUT2D eigenvalue weighted by atomic mass is 35.5. The van der Waals surface area contributed by atoms with Gasteiger partial charge in [0.2, 0.25) is 5.91 Å². The summed E-state index contributed by atoms with van der Waals surface area (Å²) in [5, 5.41) is 5.81. The number of rotatable bonds is 7. The topological polar surface area (TPSA) is 83.1 Å². The Balaban J connectivity index is 1.67. The van der Waals surface area contributed by atoms with Gasteiger partial charge in [0, 0.05) is 21.5 Å². The summed E-state index contributed by atoms with van der Waals surface area (Å²) in [6.45, 7) is 0.529. The molecule has 0 saturated carbocycles. The molecular formula is C23H23ClNO6PS. The van der Waals surface area contributed by atoms with E-state index in [1.54, 1.807) is 43.9 Å². The molecule has 0 spiro atoms. The van der Waals surface area contributed by atoms with Gasteiger partial charge >= 0.3 is 7.60 Å². The molecule has 174 valence electrons. The Morgan fingerprint density at radius 1 is 1.21 bits per heavy atom. The standard InChI is InChI=1S/C23H23ClNO6PS/c1-28-19-6-3-5-15(21(19)29-2)9-10-25-23(26)22(32(27)30-11-4-12-31-32)18-14-33-20-8-7-16(24)13-17(18)20/h3,5-10,13-14,22H,4,11-12H2,1-2H3,(H,25,26)/b10-9+. The van der Waals surface area contributed by atoms with Crippen LogP contribution in [0.4, 0.5) is 0 Å². The van der Waals surface area contributed by atoms with Gasteiger partial charge in [0.25, 0.3) is 0 Å². The largest absolute Gasteiger partial charge is 0.493 e. The van der Waals surface area contributed by atoms with E-state index in [9.17, 15) is 9.36 Å². The monoisotopic (exact) mass is 507 g/mol. The Bertz CT molecular complexity index is 1230. The van der Waals surface area contributed by atoms with Gasteiger partial charge in [-0.25, -0.2) is 0 Å². The van der Waals surface area contributed by atoms with Gasteiger partial charge in [0.15, 0.2) is 17.2 Å². The molecule has 7 nitrogen and oxygen atoms in total. The Labute approximate surface area is 200 Å². The van der Waals surface area contributed by atoms with E-state index in [2.05, 4.69) is 5.32 Å². The average molecular weight is 508 g/mol. The summed E-state index contributed by atoms with van der Waals surface area (Å²) in [4.78, 5) is 13.4. The van der Waals surface area contributed by atoms with Crippen LogP contribution in [0.25, 0.3) is 16.2 Å². The molecule has 4 rings (SSSR count). The minimum absolute atomic E-state index is 0.265. The molecule has 1 N–H and O–H groups in total. The van der Waals surface area contributed by atoms with E-state index in [-0.39, 0.29) is 13.2 Å². The predicted molar refractivity (Wildman–Crippen MR) is 130 cm³/mol. The molecule has 1 unspecified atom stereocenters. The Hall–Kier alpha value is -2.35. The molecule has 1 saturated heterocycles. The molecule has 1 atom stereocenters. The quantitative estimate of drug-likeness (QED) is 0.393. The minimum atomic E-state index is -3.76. The van der Waals surface area contributed by atoms with Crippen molar-refractivity contribution < 1.29 is 27.9 Å². The van der Waals surface area contributed by atoms with E-state index >= 15 is 0 Å². The number of thiophene rings is 1. The van der Waals surface area contributed by atoms with Crippen LogP contribution in [0.2, 0.25) is 5.02 Å². The molecule has 3 aromatic rings. The Morgan fingerprint density at radius 2 is 2.00 bits per heavy atom. The molecular weight excluding hydrogens is 485 g/mol. The van der Waals surface area contributed by atoms with Crippen molar-refractivity contribution in [3.05, 3.63) is 64.1 Å². The van der Waals surface area contributed by atoms with Crippen molar-refractivity contribution in [1.82, 2.24) is 5.32 Å². The molecule has 1 aliphatic rings. The number of fused-ring (bicyclic) bond motifs is 1. The first kappa shape index (κ1) is 23.8. The summed E-state index contributed by atoms with van der Waals surface area (Å²) < 4.78 is 36.4. The lowest BCUT2D eigenvalue weighted by molar-refractivity contribution is -0.120. The van der Waals surface area contributed by atoms with Gasteiger partial charge in [-0.15, -0.1) is 11.3 Å².